The van der Waals surface area contributed by atoms with Crippen LogP contribution in [0.15, 0.2) is 59.6 Å². The molecular formula is C18H15F3N2O3S. The fourth-order valence-electron chi connectivity index (χ4n) is 2.56. The molecule has 0 aliphatic rings. The number of alkyl halides is 3. The van der Waals surface area contributed by atoms with Crippen molar-refractivity contribution in [3.8, 4) is 22.6 Å². The summed E-state index contributed by atoms with van der Waals surface area (Å²) in [5.74, 6) is 0.558. The molecule has 142 valence electrons. The number of methoxy groups -OCH3 is 1. The van der Waals surface area contributed by atoms with E-state index >= 15 is 0 Å². The van der Waals surface area contributed by atoms with Gasteiger partial charge in [-0.3, -0.25) is 0 Å². The first kappa shape index (κ1) is 19.0. The van der Waals surface area contributed by atoms with Gasteiger partial charge in [-0.1, -0.05) is 12.1 Å². The molecule has 0 amide bonds. The predicted octanol–water partition coefficient (Wildman–Crippen LogP) is 3.97. The molecule has 3 aromatic rings. The third kappa shape index (κ3) is 3.97. The third-order valence-corrected chi connectivity index (χ3v) is 5.00. The molecule has 9 heteroatoms. The number of nitrogens with zero attached hydrogens (tertiary/aromatic N) is 2. The van der Waals surface area contributed by atoms with Gasteiger partial charge in [0, 0.05) is 18.0 Å². The first-order valence-corrected chi connectivity index (χ1v) is 9.60. The van der Waals surface area contributed by atoms with Gasteiger partial charge in [0.25, 0.3) is 0 Å². The molecule has 1 heterocycles. The van der Waals surface area contributed by atoms with E-state index in [4.69, 9.17) is 4.74 Å². The molecule has 2 aromatic carbocycles. The minimum absolute atomic E-state index is 0.0645. The molecule has 0 atom stereocenters. The summed E-state index contributed by atoms with van der Waals surface area (Å²) < 4.78 is 70.1. The summed E-state index contributed by atoms with van der Waals surface area (Å²) in [6, 6.07) is 11.7. The Morgan fingerprint density at radius 2 is 1.74 bits per heavy atom. The summed E-state index contributed by atoms with van der Waals surface area (Å²) in [5, 5.41) is 3.68. The molecule has 0 fully saturated rings. The van der Waals surface area contributed by atoms with Crippen molar-refractivity contribution in [2.45, 2.75) is 11.1 Å². The molecule has 5 nitrogen and oxygen atoms in total. The summed E-state index contributed by atoms with van der Waals surface area (Å²) in [6.07, 6.45) is -2.47. The van der Waals surface area contributed by atoms with Crippen LogP contribution in [0.1, 0.15) is 5.69 Å². The number of rotatable bonds is 4. The molecule has 0 saturated heterocycles. The van der Waals surface area contributed by atoms with Crippen molar-refractivity contribution in [3.05, 3.63) is 60.4 Å². The van der Waals surface area contributed by atoms with E-state index in [9.17, 15) is 21.6 Å². The highest BCUT2D eigenvalue weighted by molar-refractivity contribution is 7.90. The van der Waals surface area contributed by atoms with E-state index in [2.05, 4.69) is 5.10 Å². The van der Waals surface area contributed by atoms with E-state index in [0.29, 0.717) is 11.4 Å². The smallest absolute Gasteiger partial charge is 0.435 e. The van der Waals surface area contributed by atoms with Crippen LogP contribution < -0.4 is 4.74 Å². The Morgan fingerprint density at radius 1 is 1.07 bits per heavy atom. The zero-order valence-electron chi connectivity index (χ0n) is 14.4. The largest absolute Gasteiger partial charge is 0.497 e. The highest BCUT2D eigenvalue weighted by atomic mass is 32.2. The van der Waals surface area contributed by atoms with E-state index in [0.717, 1.165) is 10.9 Å². The van der Waals surface area contributed by atoms with E-state index < -0.39 is 21.7 Å². The van der Waals surface area contributed by atoms with Crippen molar-refractivity contribution in [2.75, 3.05) is 13.4 Å². The SMILES string of the molecule is COc1ccc(-n2cc(-c3cccc(S(C)(=O)=O)c3)c(C(F)(F)F)n2)cc1. The molecule has 0 N–H and O–H groups in total. The van der Waals surface area contributed by atoms with Crippen LogP contribution >= 0.6 is 0 Å². The van der Waals surface area contributed by atoms with Crippen LogP contribution in [0.3, 0.4) is 0 Å². The number of halogens is 3. The number of hydrogen-bond donors (Lipinski definition) is 0. The summed E-state index contributed by atoms with van der Waals surface area (Å²) in [5.41, 5.74) is -0.774. The second-order valence-corrected chi connectivity index (χ2v) is 7.85. The van der Waals surface area contributed by atoms with Crippen LogP contribution in [0.25, 0.3) is 16.8 Å². The topological polar surface area (TPSA) is 61.2 Å². The standard InChI is InChI=1S/C18H15F3N2O3S/c1-26-14-8-6-13(7-9-14)23-11-16(17(22-23)18(19,20)21)12-4-3-5-15(10-12)27(2,24)25/h3-11H,1-2H3. The number of hydrogen-bond acceptors (Lipinski definition) is 4. The summed E-state index contributed by atoms with van der Waals surface area (Å²) >= 11 is 0. The van der Waals surface area contributed by atoms with Gasteiger partial charge >= 0.3 is 6.18 Å². The normalized spacial score (nSPS) is 12.2. The van der Waals surface area contributed by atoms with Crippen molar-refractivity contribution in [3.63, 3.8) is 0 Å². The van der Waals surface area contributed by atoms with Gasteiger partial charge in [-0.2, -0.15) is 18.3 Å². The fraction of sp³-hybridized carbons (Fsp3) is 0.167. The van der Waals surface area contributed by atoms with Crippen LogP contribution in [0.5, 0.6) is 5.75 Å². The van der Waals surface area contributed by atoms with Crippen LogP contribution in [0, 0.1) is 0 Å². The lowest BCUT2D eigenvalue weighted by molar-refractivity contribution is -0.140. The maximum Gasteiger partial charge on any atom is 0.435 e. The first-order chi connectivity index (χ1) is 12.6. The Morgan fingerprint density at radius 3 is 2.30 bits per heavy atom. The molecule has 0 aliphatic heterocycles. The van der Waals surface area contributed by atoms with Crippen LogP contribution in [-0.4, -0.2) is 31.6 Å². The lowest BCUT2D eigenvalue weighted by Crippen LogP contribution is -2.08. The minimum Gasteiger partial charge on any atom is -0.497 e. The van der Waals surface area contributed by atoms with Gasteiger partial charge in [-0.15, -0.1) is 0 Å². The van der Waals surface area contributed by atoms with E-state index in [1.807, 2.05) is 0 Å². The Bertz CT molecular complexity index is 1070. The Balaban J connectivity index is 2.16. The maximum atomic E-state index is 13.5. The van der Waals surface area contributed by atoms with E-state index in [-0.39, 0.29) is 16.0 Å². The Kier molecular flexibility index (Phi) is 4.73. The number of ether oxygens (including phenoxy) is 1. The minimum atomic E-state index is -4.70. The molecule has 0 unspecified atom stereocenters. The van der Waals surface area contributed by atoms with Gasteiger partial charge < -0.3 is 4.74 Å². The lowest BCUT2D eigenvalue weighted by atomic mass is 10.1. The predicted molar refractivity (Wildman–Crippen MR) is 93.7 cm³/mol. The van der Waals surface area contributed by atoms with Crippen molar-refractivity contribution in [1.29, 1.82) is 0 Å². The average Bonchev–Trinajstić information content (AvgIpc) is 3.07. The molecule has 0 radical (unpaired) electrons. The van der Waals surface area contributed by atoms with Gasteiger partial charge in [0.15, 0.2) is 15.5 Å². The molecule has 0 spiro atoms. The van der Waals surface area contributed by atoms with Gasteiger partial charge in [-0.05, 0) is 42.0 Å². The van der Waals surface area contributed by atoms with Crippen molar-refractivity contribution in [2.24, 2.45) is 0 Å². The quantitative estimate of drug-likeness (QED) is 0.670. The molecule has 3 rings (SSSR count). The average molecular weight is 396 g/mol. The Hall–Kier alpha value is -2.81. The Labute approximate surface area is 153 Å². The zero-order valence-corrected chi connectivity index (χ0v) is 15.2. The summed E-state index contributed by atoms with van der Waals surface area (Å²) in [6.45, 7) is 0. The van der Waals surface area contributed by atoms with Crippen LogP contribution in [0.4, 0.5) is 13.2 Å². The molecule has 27 heavy (non-hydrogen) atoms. The van der Waals surface area contributed by atoms with Gasteiger partial charge in [-0.25, -0.2) is 13.1 Å². The molecule has 1 aromatic heterocycles. The number of sulfone groups is 1. The van der Waals surface area contributed by atoms with Gasteiger partial charge in [0.05, 0.1) is 17.7 Å². The fourth-order valence-corrected chi connectivity index (χ4v) is 3.22. The van der Waals surface area contributed by atoms with Crippen molar-refractivity contribution < 1.29 is 26.3 Å². The molecule has 0 aliphatic carbocycles. The molecule has 0 bridgehead atoms. The summed E-state index contributed by atoms with van der Waals surface area (Å²) in [7, 11) is -2.07. The highest BCUT2D eigenvalue weighted by Crippen LogP contribution is 2.37. The second kappa shape index (κ2) is 6.73. The van der Waals surface area contributed by atoms with Crippen LogP contribution in [0.2, 0.25) is 0 Å². The van der Waals surface area contributed by atoms with Crippen molar-refractivity contribution in [1.82, 2.24) is 9.78 Å². The zero-order chi connectivity index (χ0) is 19.8. The monoisotopic (exact) mass is 396 g/mol. The van der Waals surface area contributed by atoms with E-state index in [1.54, 1.807) is 24.3 Å². The van der Waals surface area contributed by atoms with E-state index in [1.165, 1.54) is 37.6 Å². The van der Waals surface area contributed by atoms with Crippen LogP contribution in [-0.2, 0) is 16.0 Å². The maximum absolute atomic E-state index is 13.5. The molecule has 0 saturated carbocycles. The second-order valence-electron chi connectivity index (χ2n) is 5.83. The number of aromatic nitrogens is 2. The lowest BCUT2D eigenvalue weighted by Gasteiger charge is -2.07. The number of benzene rings is 2. The third-order valence-electron chi connectivity index (χ3n) is 3.89. The molecular weight excluding hydrogens is 381 g/mol. The highest BCUT2D eigenvalue weighted by Gasteiger charge is 2.37. The summed E-state index contributed by atoms with van der Waals surface area (Å²) in [4.78, 5) is -0.0645. The van der Waals surface area contributed by atoms with Crippen molar-refractivity contribution >= 4 is 9.84 Å². The van der Waals surface area contributed by atoms with Gasteiger partial charge in [0.1, 0.15) is 5.75 Å². The first-order valence-electron chi connectivity index (χ1n) is 7.71. The van der Waals surface area contributed by atoms with Gasteiger partial charge in [0.2, 0.25) is 0 Å².